The maximum absolute atomic E-state index is 13.0. The highest BCUT2D eigenvalue weighted by molar-refractivity contribution is 5.79. The molecule has 2 heterocycles. The number of ether oxygens (including phenoxy) is 1. The predicted molar refractivity (Wildman–Crippen MR) is 110 cm³/mol. The van der Waals surface area contributed by atoms with E-state index in [1.807, 2.05) is 31.3 Å². The van der Waals surface area contributed by atoms with Gasteiger partial charge in [0.25, 0.3) is 0 Å². The molecule has 150 valence electrons. The summed E-state index contributed by atoms with van der Waals surface area (Å²) in [5, 5.41) is 6.62. The molecule has 1 saturated heterocycles. The van der Waals surface area contributed by atoms with Crippen molar-refractivity contribution < 1.29 is 9.13 Å². The topological polar surface area (TPSA) is 61.8 Å². The van der Waals surface area contributed by atoms with E-state index in [-0.39, 0.29) is 5.82 Å². The Morgan fingerprint density at radius 1 is 1.18 bits per heavy atom. The van der Waals surface area contributed by atoms with Crippen LogP contribution in [-0.2, 0) is 17.7 Å². The Bertz CT molecular complexity index is 760. The molecule has 1 aliphatic rings. The van der Waals surface area contributed by atoms with Crippen LogP contribution in [-0.4, -0.2) is 50.3 Å². The molecule has 0 spiro atoms. The first-order valence-electron chi connectivity index (χ1n) is 9.79. The first-order chi connectivity index (χ1) is 13.8. The Labute approximate surface area is 165 Å². The van der Waals surface area contributed by atoms with Gasteiger partial charge in [0.15, 0.2) is 5.96 Å². The number of benzene rings is 1. The predicted octanol–water partition coefficient (Wildman–Crippen LogP) is 2.36. The fourth-order valence-electron chi connectivity index (χ4n) is 3.10. The van der Waals surface area contributed by atoms with Crippen molar-refractivity contribution in [3.8, 4) is 0 Å². The van der Waals surface area contributed by atoms with Gasteiger partial charge in [-0.3, -0.25) is 0 Å². The quantitative estimate of drug-likeness (QED) is 0.566. The van der Waals surface area contributed by atoms with Gasteiger partial charge in [0.2, 0.25) is 0 Å². The minimum atomic E-state index is -0.209. The monoisotopic (exact) mass is 385 g/mol. The maximum atomic E-state index is 13.0. The van der Waals surface area contributed by atoms with Crippen LogP contribution in [0.15, 0.2) is 47.6 Å². The molecule has 0 radical (unpaired) electrons. The maximum Gasteiger partial charge on any atom is 0.191 e. The lowest BCUT2D eigenvalue weighted by Crippen LogP contribution is -2.38. The van der Waals surface area contributed by atoms with E-state index < -0.39 is 0 Å². The molecule has 0 bridgehead atoms. The lowest BCUT2D eigenvalue weighted by molar-refractivity contribution is 0.122. The number of aromatic nitrogens is 1. The van der Waals surface area contributed by atoms with Gasteiger partial charge in [0.1, 0.15) is 11.6 Å². The van der Waals surface area contributed by atoms with Crippen LogP contribution in [0.3, 0.4) is 0 Å². The summed E-state index contributed by atoms with van der Waals surface area (Å²) in [6.45, 7) is 7.26. The summed E-state index contributed by atoms with van der Waals surface area (Å²) >= 11 is 0. The number of guanidine groups is 1. The van der Waals surface area contributed by atoms with Crippen molar-refractivity contribution in [3.05, 3.63) is 59.5 Å². The van der Waals surface area contributed by atoms with E-state index in [9.17, 15) is 4.39 Å². The number of aliphatic imine (C=N–C) groups is 1. The normalized spacial score (nSPS) is 14.8. The summed E-state index contributed by atoms with van der Waals surface area (Å²) in [4.78, 5) is 11.5. The zero-order valence-electron chi connectivity index (χ0n) is 16.3. The first kappa shape index (κ1) is 20.1. The average molecular weight is 385 g/mol. The largest absolute Gasteiger partial charge is 0.378 e. The van der Waals surface area contributed by atoms with Gasteiger partial charge < -0.3 is 20.3 Å². The molecule has 1 fully saturated rings. The highest BCUT2D eigenvalue weighted by atomic mass is 19.1. The fourth-order valence-corrected chi connectivity index (χ4v) is 3.10. The second-order valence-corrected chi connectivity index (χ2v) is 6.58. The van der Waals surface area contributed by atoms with Crippen molar-refractivity contribution in [2.45, 2.75) is 19.9 Å². The molecule has 6 nitrogen and oxygen atoms in total. The number of anilines is 1. The van der Waals surface area contributed by atoms with Crippen LogP contribution in [0.1, 0.15) is 18.1 Å². The number of hydrogen-bond acceptors (Lipinski definition) is 4. The number of halogens is 1. The van der Waals surface area contributed by atoms with Crippen molar-refractivity contribution >= 4 is 11.8 Å². The number of hydrogen-bond donors (Lipinski definition) is 2. The van der Waals surface area contributed by atoms with Crippen LogP contribution in [0.25, 0.3) is 0 Å². The molecule has 1 aromatic carbocycles. The molecule has 28 heavy (non-hydrogen) atoms. The van der Waals surface area contributed by atoms with Crippen molar-refractivity contribution in [1.29, 1.82) is 0 Å². The van der Waals surface area contributed by atoms with E-state index in [0.717, 1.165) is 68.7 Å². The summed E-state index contributed by atoms with van der Waals surface area (Å²) in [5.41, 5.74) is 2.19. The van der Waals surface area contributed by atoms with Crippen LogP contribution in [0, 0.1) is 5.82 Å². The second-order valence-electron chi connectivity index (χ2n) is 6.58. The van der Waals surface area contributed by atoms with Crippen molar-refractivity contribution in [2.75, 3.05) is 44.3 Å². The van der Waals surface area contributed by atoms with Crippen LogP contribution in [0.5, 0.6) is 0 Å². The van der Waals surface area contributed by atoms with Crippen LogP contribution >= 0.6 is 0 Å². The van der Waals surface area contributed by atoms with Crippen molar-refractivity contribution in [3.63, 3.8) is 0 Å². The summed E-state index contributed by atoms with van der Waals surface area (Å²) in [7, 11) is 0. The van der Waals surface area contributed by atoms with E-state index in [1.165, 1.54) is 12.1 Å². The van der Waals surface area contributed by atoms with Gasteiger partial charge >= 0.3 is 0 Å². The third-order valence-corrected chi connectivity index (χ3v) is 4.55. The van der Waals surface area contributed by atoms with Crippen LogP contribution < -0.4 is 15.5 Å². The number of nitrogens with zero attached hydrogens (tertiary/aromatic N) is 3. The molecule has 0 atom stereocenters. The van der Waals surface area contributed by atoms with E-state index in [1.54, 1.807) is 0 Å². The van der Waals surface area contributed by atoms with E-state index in [2.05, 4.69) is 26.6 Å². The number of nitrogens with one attached hydrogen (secondary N) is 2. The van der Waals surface area contributed by atoms with E-state index in [0.29, 0.717) is 6.54 Å². The zero-order chi connectivity index (χ0) is 19.6. The number of pyridine rings is 1. The standard InChI is InChI=1S/C21H28FN5O/c1-2-23-21(25-11-9-17-5-7-19(22)8-6-17)26-16-18-4-3-10-24-20(18)27-12-14-28-15-13-27/h3-8,10H,2,9,11-16H2,1H3,(H2,23,25,26). The Hall–Kier alpha value is -2.67. The molecular formula is C21H28FN5O. The van der Waals surface area contributed by atoms with Crippen molar-refractivity contribution in [2.24, 2.45) is 4.99 Å². The summed E-state index contributed by atoms with van der Waals surface area (Å²) < 4.78 is 18.4. The fraction of sp³-hybridized carbons (Fsp3) is 0.429. The average Bonchev–Trinajstić information content (AvgIpc) is 2.74. The highest BCUT2D eigenvalue weighted by Gasteiger charge is 2.15. The number of morpholine rings is 1. The highest BCUT2D eigenvalue weighted by Crippen LogP contribution is 2.19. The molecule has 7 heteroatoms. The molecule has 0 saturated carbocycles. The smallest absolute Gasteiger partial charge is 0.191 e. The number of rotatable bonds is 7. The first-order valence-corrected chi connectivity index (χ1v) is 9.79. The molecule has 1 aromatic heterocycles. The van der Waals surface area contributed by atoms with Gasteiger partial charge in [-0.25, -0.2) is 14.4 Å². The second kappa shape index (κ2) is 10.6. The molecule has 0 unspecified atom stereocenters. The Balaban J connectivity index is 1.60. The minimum Gasteiger partial charge on any atom is -0.378 e. The lowest BCUT2D eigenvalue weighted by atomic mass is 10.1. The summed E-state index contributed by atoms with van der Waals surface area (Å²) in [6, 6.07) is 10.6. The van der Waals surface area contributed by atoms with E-state index in [4.69, 9.17) is 9.73 Å². The molecule has 2 aromatic rings. The molecule has 3 rings (SSSR count). The Kier molecular flexibility index (Phi) is 7.61. The van der Waals surface area contributed by atoms with Gasteiger partial charge in [-0.2, -0.15) is 0 Å². The SMILES string of the molecule is CCNC(=NCc1cccnc1N1CCOCC1)NCCc1ccc(F)cc1. The summed E-state index contributed by atoms with van der Waals surface area (Å²) in [6.07, 6.45) is 2.63. The third kappa shape index (κ3) is 5.92. The van der Waals surface area contributed by atoms with Gasteiger partial charge in [-0.15, -0.1) is 0 Å². The molecule has 0 aliphatic carbocycles. The molecule has 2 N–H and O–H groups in total. The van der Waals surface area contributed by atoms with Crippen LogP contribution in [0.2, 0.25) is 0 Å². The van der Waals surface area contributed by atoms with Gasteiger partial charge in [-0.1, -0.05) is 18.2 Å². The van der Waals surface area contributed by atoms with Gasteiger partial charge in [0, 0.05) is 37.9 Å². The Morgan fingerprint density at radius 3 is 2.71 bits per heavy atom. The zero-order valence-corrected chi connectivity index (χ0v) is 16.3. The lowest BCUT2D eigenvalue weighted by Gasteiger charge is -2.29. The molecular weight excluding hydrogens is 357 g/mol. The molecule has 1 aliphatic heterocycles. The third-order valence-electron chi connectivity index (χ3n) is 4.55. The van der Waals surface area contributed by atoms with Crippen molar-refractivity contribution in [1.82, 2.24) is 15.6 Å². The van der Waals surface area contributed by atoms with Gasteiger partial charge in [-0.05, 0) is 37.1 Å². The van der Waals surface area contributed by atoms with E-state index >= 15 is 0 Å². The van der Waals surface area contributed by atoms with Crippen LogP contribution in [0.4, 0.5) is 10.2 Å². The Morgan fingerprint density at radius 2 is 1.96 bits per heavy atom. The molecule has 0 amide bonds. The van der Waals surface area contributed by atoms with Gasteiger partial charge in [0.05, 0.1) is 19.8 Å². The summed E-state index contributed by atoms with van der Waals surface area (Å²) in [5.74, 6) is 1.54. The minimum absolute atomic E-state index is 0.209.